The van der Waals surface area contributed by atoms with E-state index < -0.39 is 23.9 Å². The van der Waals surface area contributed by atoms with Crippen LogP contribution in [0.1, 0.15) is 41.4 Å². The van der Waals surface area contributed by atoms with E-state index >= 15 is 0 Å². The van der Waals surface area contributed by atoms with Crippen LogP contribution in [-0.4, -0.2) is 23.9 Å². The van der Waals surface area contributed by atoms with Crippen molar-refractivity contribution in [2.45, 2.75) is 0 Å². The molecular formula is C28H14O6. The Morgan fingerprint density at radius 2 is 0.647 bits per heavy atom. The second-order valence-corrected chi connectivity index (χ2v) is 7.97. The molecule has 162 valence electrons. The monoisotopic (exact) mass is 446 g/mol. The van der Waals surface area contributed by atoms with E-state index in [1.807, 2.05) is 0 Å². The molecule has 0 spiro atoms. The fourth-order valence-electron chi connectivity index (χ4n) is 4.45. The average molecular weight is 446 g/mol. The summed E-state index contributed by atoms with van der Waals surface area (Å²) < 4.78 is 9.22. The molecule has 0 radical (unpaired) electrons. The van der Waals surface area contributed by atoms with Crippen molar-refractivity contribution >= 4 is 56.2 Å². The molecule has 6 nitrogen and oxygen atoms in total. The van der Waals surface area contributed by atoms with Crippen molar-refractivity contribution in [3.63, 3.8) is 0 Å². The van der Waals surface area contributed by atoms with E-state index in [-0.39, 0.29) is 33.0 Å². The lowest BCUT2D eigenvalue weighted by Gasteiger charge is -2.21. The predicted octanol–water partition coefficient (Wildman–Crippen LogP) is 5.45. The number of hydrogen-bond acceptors (Lipinski definition) is 6. The Balaban J connectivity index is 0.000000136. The van der Waals surface area contributed by atoms with Gasteiger partial charge in [-0.2, -0.15) is 0 Å². The Morgan fingerprint density at radius 1 is 0.382 bits per heavy atom. The number of carbonyl (C=O) groups excluding carboxylic acids is 4. The second-order valence-electron chi connectivity index (χ2n) is 7.97. The lowest BCUT2D eigenvalue weighted by atomic mass is 9.89. The van der Waals surface area contributed by atoms with Gasteiger partial charge in [-0.3, -0.25) is 0 Å². The van der Waals surface area contributed by atoms with E-state index in [1.54, 1.807) is 0 Å². The Labute approximate surface area is 192 Å². The minimum absolute atomic E-state index is 0.155. The summed E-state index contributed by atoms with van der Waals surface area (Å²) in [6.07, 6.45) is 0. The van der Waals surface area contributed by atoms with Crippen molar-refractivity contribution in [1.29, 1.82) is 0 Å². The van der Waals surface area contributed by atoms with Gasteiger partial charge in [-0.25, -0.2) is 19.2 Å². The molecule has 2 aliphatic rings. The fourth-order valence-corrected chi connectivity index (χ4v) is 4.45. The van der Waals surface area contributed by atoms with Gasteiger partial charge in [-0.15, -0.1) is 0 Å². The molecule has 0 saturated heterocycles. The van der Waals surface area contributed by atoms with Crippen molar-refractivity contribution in [3.05, 3.63) is 107 Å². The normalized spacial score (nSPS) is 14.0. The van der Waals surface area contributed by atoms with Gasteiger partial charge in [-0.05, 0) is 57.9 Å². The van der Waals surface area contributed by atoms with Gasteiger partial charge in [0.1, 0.15) is 0 Å². The van der Waals surface area contributed by atoms with E-state index in [0.29, 0.717) is 0 Å². The third-order valence-electron chi connectivity index (χ3n) is 6.03. The molecule has 5 aromatic carbocycles. The second kappa shape index (κ2) is 7.35. The first-order valence-electron chi connectivity index (χ1n) is 10.5. The van der Waals surface area contributed by atoms with Crippen molar-refractivity contribution in [3.8, 4) is 0 Å². The molecule has 0 fully saturated rings. The summed E-state index contributed by atoms with van der Waals surface area (Å²) in [6.45, 7) is 0. The first-order chi connectivity index (χ1) is 16.5. The first kappa shape index (κ1) is 19.8. The maximum Gasteiger partial charge on any atom is 0.346 e. The van der Waals surface area contributed by atoms with Gasteiger partial charge in [-0.1, -0.05) is 48.5 Å². The molecule has 0 atom stereocenters. The minimum Gasteiger partial charge on any atom is -0.386 e. The van der Waals surface area contributed by atoms with Gasteiger partial charge in [0.2, 0.25) is 0 Å². The van der Waals surface area contributed by atoms with Crippen LogP contribution >= 0.6 is 0 Å². The Kier molecular flexibility index (Phi) is 4.28. The summed E-state index contributed by atoms with van der Waals surface area (Å²) in [5.41, 5.74) is 0.621. The van der Waals surface area contributed by atoms with Crippen LogP contribution in [0.25, 0.3) is 32.3 Å². The summed E-state index contributed by atoms with van der Waals surface area (Å²) in [4.78, 5) is 46.9. The minimum atomic E-state index is -0.794. The number of carbonyl (C=O) groups is 4. The number of cyclic esters (lactones) is 4. The molecule has 7 rings (SSSR count). The van der Waals surface area contributed by atoms with E-state index in [9.17, 15) is 19.2 Å². The van der Waals surface area contributed by atoms with Gasteiger partial charge in [0, 0.05) is 10.8 Å². The van der Waals surface area contributed by atoms with Crippen LogP contribution < -0.4 is 0 Å². The summed E-state index contributed by atoms with van der Waals surface area (Å²) in [6, 6.07) is 27.0. The van der Waals surface area contributed by atoms with Gasteiger partial charge >= 0.3 is 23.9 Å². The first-order valence-corrected chi connectivity index (χ1v) is 10.5. The highest BCUT2D eigenvalue weighted by Crippen LogP contribution is 2.36. The predicted molar refractivity (Wildman–Crippen MR) is 125 cm³/mol. The van der Waals surface area contributed by atoms with Crippen LogP contribution in [0, 0.1) is 0 Å². The third-order valence-corrected chi connectivity index (χ3v) is 6.03. The zero-order valence-electron chi connectivity index (χ0n) is 17.5. The number of rotatable bonds is 0. The molecule has 0 N–H and O–H groups in total. The highest BCUT2D eigenvalue weighted by atomic mass is 16.6. The Hall–Kier alpha value is -4.84. The van der Waals surface area contributed by atoms with Gasteiger partial charge in [0.25, 0.3) is 0 Å². The smallest absolute Gasteiger partial charge is 0.346 e. The van der Waals surface area contributed by atoms with Crippen molar-refractivity contribution in [2.75, 3.05) is 0 Å². The molecule has 0 aromatic heterocycles. The largest absolute Gasteiger partial charge is 0.386 e. The topological polar surface area (TPSA) is 86.7 Å². The zero-order chi connectivity index (χ0) is 23.4. The van der Waals surface area contributed by atoms with Crippen molar-refractivity contribution in [2.24, 2.45) is 0 Å². The van der Waals surface area contributed by atoms with Gasteiger partial charge in [0.15, 0.2) is 0 Å². The number of fused-ring (bicyclic) bond motifs is 2. The maximum absolute atomic E-state index is 11.7. The van der Waals surface area contributed by atoms with Crippen LogP contribution in [0.3, 0.4) is 0 Å². The SMILES string of the molecule is O=C1OC(=O)c2ccc3c4c(ccc1c24)C(=O)OC3=O.c1ccc2cc3ccccc3cc2c1. The molecule has 34 heavy (non-hydrogen) atoms. The molecule has 0 unspecified atom stereocenters. The number of esters is 4. The summed E-state index contributed by atoms with van der Waals surface area (Å²) in [5, 5.41) is 5.78. The van der Waals surface area contributed by atoms with Crippen molar-refractivity contribution in [1.82, 2.24) is 0 Å². The summed E-state index contributed by atoms with van der Waals surface area (Å²) >= 11 is 0. The fraction of sp³-hybridized carbons (Fsp3) is 0. The van der Waals surface area contributed by atoms with E-state index in [0.717, 1.165) is 0 Å². The molecular weight excluding hydrogens is 432 g/mol. The van der Waals surface area contributed by atoms with E-state index in [1.165, 1.54) is 45.8 Å². The summed E-state index contributed by atoms with van der Waals surface area (Å²) in [7, 11) is 0. The number of hydrogen-bond donors (Lipinski definition) is 0. The Morgan fingerprint density at radius 3 is 0.912 bits per heavy atom. The van der Waals surface area contributed by atoms with E-state index in [2.05, 4.69) is 70.1 Å². The molecule has 6 heteroatoms. The third kappa shape index (κ3) is 2.97. The standard InChI is InChI=1S/C14H4O6.C14H10/c15-11-5-1-2-6-10-8(14(18)20-12(6)16)4-3-7(9(5)10)13(17)19-11;1-2-6-12-10-14-8-4-3-7-13(14)9-11(12)5-1/h1-4H;1-10H. The summed E-state index contributed by atoms with van der Waals surface area (Å²) in [5.74, 6) is -3.18. The number of ether oxygens (including phenoxy) is 2. The Bertz CT molecular complexity index is 1490. The van der Waals surface area contributed by atoms with Crippen molar-refractivity contribution < 1.29 is 28.7 Å². The van der Waals surface area contributed by atoms with Crippen LogP contribution in [-0.2, 0) is 9.47 Å². The lowest BCUT2D eigenvalue weighted by Crippen LogP contribution is -2.25. The molecule has 0 saturated carbocycles. The zero-order valence-corrected chi connectivity index (χ0v) is 17.5. The van der Waals surface area contributed by atoms with Gasteiger partial charge in [0.05, 0.1) is 22.3 Å². The highest BCUT2D eigenvalue weighted by Gasteiger charge is 2.35. The van der Waals surface area contributed by atoms with Crippen LogP contribution in [0.5, 0.6) is 0 Å². The number of benzene rings is 5. The van der Waals surface area contributed by atoms with Gasteiger partial charge < -0.3 is 9.47 Å². The molecule has 0 amide bonds. The lowest BCUT2D eigenvalue weighted by molar-refractivity contribution is 0.0366. The molecule has 2 heterocycles. The molecule has 0 aliphatic carbocycles. The van der Waals surface area contributed by atoms with Crippen LogP contribution in [0.15, 0.2) is 84.9 Å². The molecule has 0 bridgehead atoms. The maximum atomic E-state index is 11.7. The molecule has 5 aromatic rings. The molecule has 2 aliphatic heterocycles. The van der Waals surface area contributed by atoms with Crippen LogP contribution in [0.2, 0.25) is 0 Å². The average Bonchev–Trinajstić information content (AvgIpc) is 2.85. The quantitative estimate of drug-likeness (QED) is 0.179. The highest BCUT2D eigenvalue weighted by molar-refractivity contribution is 6.29. The van der Waals surface area contributed by atoms with E-state index in [4.69, 9.17) is 0 Å². The van der Waals surface area contributed by atoms with Crippen LogP contribution in [0.4, 0.5) is 0 Å².